The van der Waals surface area contributed by atoms with Gasteiger partial charge in [0.2, 0.25) is 0 Å². The topological polar surface area (TPSA) is 103 Å². The van der Waals surface area contributed by atoms with Crippen molar-refractivity contribution < 1.29 is 26.7 Å². The fraction of sp³-hybridized carbons (Fsp3) is 0.500. The Balaban J connectivity index is 1.36. The van der Waals surface area contributed by atoms with E-state index in [1.54, 1.807) is 0 Å². The van der Waals surface area contributed by atoms with Gasteiger partial charge in [-0.2, -0.15) is 28.4 Å². The van der Waals surface area contributed by atoms with Gasteiger partial charge in [-0.05, 0) is 50.4 Å². The highest BCUT2D eigenvalue weighted by molar-refractivity contribution is 5.94. The molecule has 3 aromatic rings. The van der Waals surface area contributed by atoms with Gasteiger partial charge in [-0.25, -0.2) is 8.78 Å². The lowest BCUT2D eigenvalue weighted by atomic mass is 9.93. The molecule has 2 bridgehead atoms. The smallest absolute Gasteiger partial charge is 0.418 e. The first kappa shape index (κ1) is 28.0. The third-order valence-corrected chi connectivity index (χ3v) is 9.37. The number of anilines is 2. The summed E-state index contributed by atoms with van der Waals surface area (Å²) in [5.74, 6) is -0.574. The molecular formula is C30H30F5N7O. The Kier molecular flexibility index (Phi) is 6.63. The second-order valence-corrected chi connectivity index (χ2v) is 12.2. The summed E-state index contributed by atoms with van der Waals surface area (Å²) in [5.41, 5.74) is 2.13. The van der Waals surface area contributed by atoms with Gasteiger partial charge in [0.25, 0.3) is 0 Å². The van der Waals surface area contributed by atoms with Gasteiger partial charge < -0.3 is 20.7 Å². The number of ether oxygens (including phenoxy) is 1. The molecule has 0 saturated carbocycles. The number of benzene rings is 2. The zero-order valence-electron chi connectivity index (χ0n) is 23.2. The molecule has 2 aromatic carbocycles. The number of aromatic nitrogens is 2. The lowest BCUT2D eigenvalue weighted by Gasteiger charge is -2.34. The second-order valence-electron chi connectivity index (χ2n) is 12.2. The number of nitrogens with zero attached hydrogens (tertiary/aromatic N) is 5. The monoisotopic (exact) mass is 599 g/mol. The van der Waals surface area contributed by atoms with Crippen LogP contribution in [0.25, 0.3) is 22.0 Å². The molecule has 4 fully saturated rings. The van der Waals surface area contributed by atoms with Crippen LogP contribution in [0, 0.1) is 17.1 Å². The summed E-state index contributed by atoms with van der Waals surface area (Å²) in [4.78, 5) is 13.2. The van der Waals surface area contributed by atoms with E-state index in [1.807, 2.05) is 4.90 Å². The number of halogens is 5. The van der Waals surface area contributed by atoms with Crippen molar-refractivity contribution in [2.75, 3.05) is 43.4 Å². The molecule has 4 saturated heterocycles. The van der Waals surface area contributed by atoms with Crippen LogP contribution in [-0.4, -0.2) is 71.4 Å². The van der Waals surface area contributed by atoms with E-state index < -0.39 is 46.0 Å². The third-order valence-electron chi connectivity index (χ3n) is 9.37. The zero-order valence-corrected chi connectivity index (χ0v) is 23.2. The van der Waals surface area contributed by atoms with E-state index in [9.17, 15) is 22.8 Å². The van der Waals surface area contributed by atoms with Gasteiger partial charge in [-0.15, -0.1) is 0 Å². The summed E-state index contributed by atoms with van der Waals surface area (Å²) < 4.78 is 79.5. The predicted octanol–water partition coefficient (Wildman–Crippen LogP) is 4.80. The van der Waals surface area contributed by atoms with Gasteiger partial charge in [0.15, 0.2) is 5.82 Å². The van der Waals surface area contributed by atoms with Crippen LogP contribution < -0.4 is 20.7 Å². The fourth-order valence-electron chi connectivity index (χ4n) is 7.53. The van der Waals surface area contributed by atoms with Crippen molar-refractivity contribution >= 4 is 22.4 Å². The SMILES string of the molecule is N#Cc1cc(N)cc(-c2ccc3c(N4C[C@H]5CC[C@@H](C4)N5)nc(OC[C@@]45CCCN4C[C@H](F)C5)nc3c2F)c1C(F)(F)F. The summed E-state index contributed by atoms with van der Waals surface area (Å²) in [6.07, 6.45) is -1.93. The Morgan fingerprint density at radius 3 is 2.60 bits per heavy atom. The number of nitrogens with two attached hydrogens (primary N) is 1. The molecule has 8 nitrogen and oxygen atoms in total. The normalized spacial score (nSPS) is 27.1. The molecule has 1 aromatic heterocycles. The molecule has 0 unspecified atom stereocenters. The lowest BCUT2D eigenvalue weighted by molar-refractivity contribution is -0.137. The molecule has 0 aliphatic carbocycles. The van der Waals surface area contributed by atoms with Crippen molar-refractivity contribution in [1.29, 1.82) is 5.26 Å². The summed E-state index contributed by atoms with van der Waals surface area (Å²) in [6.45, 7) is 2.45. The molecule has 0 amide bonds. The van der Waals surface area contributed by atoms with E-state index in [2.05, 4.69) is 15.2 Å². The maximum absolute atomic E-state index is 16.5. The standard InChI is InChI=1S/C30H30F5N7O/c31-17-10-29(6-1-7-42(29)12-17)15-43-28-39-26-22(27(40-28)41-13-19-2-3-20(14-41)38-19)5-4-21(25(26)32)23-9-18(37)8-16(11-36)24(23)30(33,34)35/h4-5,8-9,17,19-20,38H,1-3,6-7,10,12-15,37H2/t17-,19-,20+,29+/m1/s1. The summed E-state index contributed by atoms with van der Waals surface area (Å²) >= 11 is 0. The maximum Gasteiger partial charge on any atom is 0.418 e. The first-order valence-electron chi connectivity index (χ1n) is 14.5. The van der Waals surface area contributed by atoms with Crippen molar-refractivity contribution in [2.24, 2.45) is 0 Å². The molecular weight excluding hydrogens is 569 g/mol. The van der Waals surface area contributed by atoms with Gasteiger partial charge in [0.05, 0.1) is 22.7 Å². The summed E-state index contributed by atoms with van der Waals surface area (Å²) in [5, 5.41) is 13.3. The summed E-state index contributed by atoms with van der Waals surface area (Å²) in [6, 6.07) is 6.58. The van der Waals surface area contributed by atoms with Crippen molar-refractivity contribution in [3.8, 4) is 23.2 Å². The van der Waals surface area contributed by atoms with Crippen LogP contribution in [0.3, 0.4) is 0 Å². The minimum atomic E-state index is -4.94. The molecule has 43 heavy (non-hydrogen) atoms. The molecule has 0 spiro atoms. The lowest BCUT2D eigenvalue weighted by Crippen LogP contribution is -2.51. The number of nitriles is 1. The largest absolute Gasteiger partial charge is 0.461 e. The Morgan fingerprint density at radius 1 is 1.12 bits per heavy atom. The van der Waals surface area contributed by atoms with Crippen molar-refractivity contribution in [3.63, 3.8) is 0 Å². The number of alkyl halides is 4. The number of hydrogen-bond acceptors (Lipinski definition) is 8. The Bertz CT molecular complexity index is 1630. The number of hydrogen-bond donors (Lipinski definition) is 2. The highest BCUT2D eigenvalue weighted by Gasteiger charge is 2.49. The van der Waals surface area contributed by atoms with Crippen LogP contribution >= 0.6 is 0 Å². The van der Waals surface area contributed by atoms with Crippen LogP contribution in [0.2, 0.25) is 0 Å². The highest BCUT2D eigenvalue weighted by Crippen LogP contribution is 2.44. The molecule has 4 atom stereocenters. The van der Waals surface area contributed by atoms with Crippen molar-refractivity contribution in [1.82, 2.24) is 20.2 Å². The van der Waals surface area contributed by atoms with E-state index in [0.29, 0.717) is 37.3 Å². The minimum absolute atomic E-state index is 0.106. The fourth-order valence-corrected chi connectivity index (χ4v) is 7.53. The molecule has 4 aliphatic heterocycles. The van der Waals surface area contributed by atoms with Crippen LogP contribution in [-0.2, 0) is 6.18 Å². The highest BCUT2D eigenvalue weighted by atomic mass is 19.4. The van der Waals surface area contributed by atoms with Gasteiger partial charge in [-0.3, -0.25) is 4.90 Å². The maximum atomic E-state index is 16.5. The number of fused-ring (bicyclic) bond motifs is 4. The molecule has 3 N–H and O–H groups in total. The number of nitrogens with one attached hydrogen (secondary N) is 1. The van der Waals surface area contributed by atoms with E-state index in [4.69, 9.17) is 15.5 Å². The quantitative estimate of drug-likeness (QED) is 0.319. The van der Waals surface area contributed by atoms with Gasteiger partial charge in [0.1, 0.15) is 24.1 Å². The number of piperazine rings is 1. The third kappa shape index (κ3) is 4.80. The van der Waals surface area contributed by atoms with Crippen LogP contribution in [0.4, 0.5) is 33.5 Å². The molecule has 0 radical (unpaired) electrons. The Labute approximate surface area is 244 Å². The van der Waals surface area contributed by atoms with Crippen molar-refractivity contribution in [3.05, 3.63) is 41.2 Å². The Morgan fingerprint density at radius 2 is 1.88 bits per heavy atom. The first-order valence-corrected chi connectivity index (χ1v) is 14.5. The second kappa shape index (κ2) is 10.2. The molecule has 226 valence electrons. The van der Waals surface area contributed by atoms with Crippen LogP contribution in [0.1, 0.15) is 43.2 Å². The number of rotatable bonds is 5. The van der Waals surface area contributed by atoms with Gasteiger partial charge in [0, 0.05) is 60.3 Å². The average Bonchev–Trinajstić information content (AvgIpc) is 3.61. The van der Waals surface area contributed by atoms with Gasteiger partial charge in [-0.1, -0.05) is 6.07 Å². The van der Waals surface area contributed by atoms with Gasteiger partial charge >= 0.3 is 12.2 Å². The van der Waals surface area contributed by atoms with E-state index in [0.717, 1.165) is 44.4 Å². The van der Waals surface area contributed by atoms with Crippen molar-refractivity contribution in [2.45, 2.75) is 62.1 Å². The molecule has 7 rings (SSSR count). The molecule has 4 aliphatic rings. The molecule has 13 heteroatoms. The summed E-state index contributed by atoms with van der Waals surface area (Å²) in [7, 11) is 0. The Hall–Kier alpha value is -3.76. The number of nitrogen functional groups attached to an aromatic ring is 1. The predicted molar refractivity (Wildman–Crippen MR) is 150 cm³/mol. The van der Waals surface area contributed by atoms with Crippen LogP contribution in [0.5, 0.6) is 6.01 Å². The first-order chi connectivity index (χ1) is 20.5. The zero-order chi connectivity index (χ0) is 30.1. The average molecular weight is 600 g/mol. The molecule has 5 heterocycles. The van der Waals surface area contributed by atoms with E-state index in [1.165, 1.54) is 18.2 Å². The van der Waals surface area contributed by atoms with Crippen LogP contribution in [0.15, 0.2) is 24.3 Å². The van der Waals surface area contributed by atoms with E-state index in [-0.39, 0.29) is 35.9 Å². The minimum Gasteiger partial charge on any atom is -0.461 e. The van der Waals surface area contributed by atoms with E-state index >= 15 is 4.39 Å².